The molecule has 0 aromatic heterocycles. The molecule has 0 fully saturated rings. The smallest absolute Gasteiger partial charge is 0.193 e. The standard InChI is InChI=1S/C16H16O/c1-10(2)7-15(11(3)4)16(17)13-6-5-12-8-14(12)9-13/h5-7,9H,1,3,8H2,2,4H3/b15-7+. The number of carbonyl (C=O) groups is 1. The molecule has 0 heterocycles. The molecule has 86 valence electrons. The Bertz CT molecular complexity index is 559. The van der Waals surface area contributed by atoms with Crippen LogP contribution in [0.4, 0.5) is 0 Å². The van der Waals surface area contributed by atoms with Crippen LogP contribution in [0.25, 0.3) is 0 Å². The fourth-order valence-electron chi connectivity index (χ4n) is 1.82. The van der Waals surface area contributed by atoms with Crippen molar-refractivity contribution in [1.82, 2.24) is 0 Å². The Morgan fingerprint density at radius 3 is 2.47 bits per heavy atom. The number of hydrogen-bond acceptors (Lipinski definition) is 1. The Morgan fingerprint density at radius 2 is 1.94 bits per heavy atom. The van der Waals surface area contributed by atoms with Gasteiger partial charge in [0.2, 0.25) is 0 Å². The molecule has 17 heavy (non-hydrogen) atoms. The zero-order valence-electron chi connectivity index (χ0n) is 10.3. The monoisotopic (exact) mass is 224 g/mol. The fourth-order valence-corrected chi connectivity index (χ4v) is 1.82. The van der Waals surface area contributed by atoms with Crippen molar-refractivity contribution in [2.75, 3.05) is 0 Å². The van der Waals surface area contributed by atoms with Crippen LogP contribution in [-0.2, 0) is 6.42 Å². The van der Waals surface area contributed by atoms with E-state index in [1.54, 1.807) is 6.08 Å². The SMILES string of the molecule is C=C(C)/C=C(\C(=C)C)C(=O)c1ccc2c(c1)C2. The second-order valence-electron chi connectivity index (χ2n) is 4.67. The number of carbonyl (C=O) groups excluding carboxylic acids is 1. The van der Waals surface area contributed by atoms with Crippen molar-refractivity contribution < 1.29 is 4.79 Å². The van der Waals surface area contributed by atoms with Gasteiger partial charge in [0.15, 0.2) is 5.78 Å². The molecule has 0 saturated carbocycles. The van der Waals surface area contributed by atoms with Crippen LogP contribution in [0.1, 0.15) is 35.3 Å². The first-order valence-corrected chi connectivity index (χ1v) is 5.68. The van der Waals surface area contributed by atoms with Crippen LogP contribution in [0.5, 0.6) is 0 Å². The number of rotatable bonds is 4. The third-order valence-electron chi connectivity index (χ3n) is 2.82. The van der Waals surface area contributed by atoms with Gasteiger partial charge in [-0.25, -0.2) is 0 Å². The minimum Gasteiger partial charge on any atom is -0.289 e. The summed E-state index contributed by atoms with van der Waals surface area (Å²) in [5.41, 5.74) is 5.68. The minimum atomic E-state index is 0.0372. The summed E-state index contributed by atoms with van der Waals surface area (Å²) in [6, 6.07) is 5.90. The summed E-state index contributed by atoms with van der Waals surface area (Å²) in [6.07, 6.45) is 2.83. The van der Waals surface area contributed by atoms with Gasteiger partial charge in [-0.05, 0) is 49.1 Å². The number of ketones is 1. The first-order chi connectivity index (χ1) is 7.99. The van der Waals surface area contributed by atoms with E-state index in [9.17, 15) is 4.79 Å². The first-order valence-electron chi connectivity index (χ1n) is 5.68. The van der Waals surface area contributed by atoms with E-state index in [4.69, 9.17) is 0 Å². The predicted octanol–water partition coefficient (Wildman–Crippen LogP) is 3.85. The topological polar surface area (TPSA) is 17.1 Å². The Hall–Kier alpha value is -1.89. The summed E-state index contributed by atoms with van der Waals surface area (Å²) >= 11 is 0. The van der Waals surface area contributed by atoms with Gasteiger partial charge in [-0.3, -0.25) is 4.79 Å². The van der Waals surface area contributed by atoms with E-state index < -0.39 is 0 Å². The Balaban J connectivity index is 2.35. The molecule has 1 nitrogen and oxygen atoms in total. The molecule has 0 saturated heterocycles. The van der Waals surface area contributed by atoms with E-state index in [1.807, 2.05) is 32.0 Å². The highest BCUT2D eigenvalue weighted by Gasteiger charge is 2.20. The lowest BCUT2D eigenvalue weighted by atomic mass is 9.97. The second-order valence-corrected chi connectivity index (χ2v) is 4.67. The molecule has 0 unspecified atom stereocenters. The molecule has 1 aromatic rings. The first kappa shape index (κ1) is 11.6. The summed E-state index contributed by atoms with van der Waals surface area (Å²) in [6.45, 7) is 11.4. The van der Waals surface area contributed by atoms with Crippen LogP contribution in [-0.4, -0.2) is 5.78 Å². The van der Waals surface area contributed by atoms with Crippen molar-refractivity contribution in [2.45, 2.75) is 20.3 Å². The maximum Gasteiger partial charge on any atom is 0.193 e. The molecule has 1 aliphatic carbocycles. The molecule has 0 atom stereocenters. The van der Waals surface area contributed by atoms with Crippen LogP contribution >= 0.6 is 0 Å². The minimum absolute atomic E-state index is 0.0372. The summed E-state index contributed by atoms with van der Waals surface area (Å²) in [4.78, 5) is 12.3. The van der Waals surface area contributed by atoms with Crippen LogP contribution in [0.2, 0.25) is 0 Å². The summed E-state index contributed by atoms with van der Waals surface area (Å²) in [5, 5.41) is 0. The third kappa shape index (κ3) is 2.44. The lowest BCUT2D eigenvalue weighted by Crippen LogP contribution is -2.04. The van der Waals surface area contributed by atoms with Gasteiger partial charge < -0.3 is 0 Å². The summed E-state index contributed by atoms with van der Waals surface area (Å²) in [7, 11) is 0. The molecule has 1 aliphatic rings. The molecule has 2 rings (SSSR count). The van der Waals surface area contributed by atoms with E-state index in [-0.39, 0.29) is 5.78 Å². The highest BCUT2D eigenvalue weighted by Crippen LogP contribution is 2.29. The Labute approximate surface area is 102 Å². The number of fused-ring (bicyclic) bond motifs is 1. The molecule has 0 bridgehead atoms. The van der Waals surface area contributed by atoms with Crippen molar-refractivity contribution in [3.05, 3.63) is 70.8 Å². The van der Waals surface area contributed by atoms with Crippen LogP contribution in [0, 0.1) is 0 Å². The van der Waals surface area contributed by atoms with Gasteiger partial charge in [0.25, 0.3) is 0 Å². The van der Waals surface area contributed by atoms with Crippen molar-refractivity contribution in [3.8, 4) is 0 Å². The third-order valence-corrected chi connectivity index (χ3v) is 2.82. The molecule has 0 spiro atoms. The molecule has 0 amide bonds. The predicted molar refractivity (Wildman–Crippen MR) is 71.3 cm³/mol. The van der Waals surface area contributed by atoms with E-state index in [0.29, 0.717) is 5.57 Å². The number of benzene rings is 1. The Kier molecular flexibility index (Phi) is 2.84. The molecule has 0 aliphatic heterocycles. The average molecular weight is 224 g/mol. The van der Waals surface area contributed by atoms with E-state index >= 15 is 0 Å². The van der Waals surface area contributed by atoms with Gasteiger partial charge >= 0.3 is 0 Å². The van der Waals surface area contributed by atoms with Gasteiger partial charge in [-0.15, -0.1) is 0 Å². The van der Waals surface area contributed by atoms with E-state index in [0.717, 1.165) is 23.1 Å². The lowest BCUT2D eigenvalue weighted by Gasteiger charge is -2.06. The fraction of sp³-hybridized carbons (Fsp3) is 0.188. The largest absolute Gasteiger partial charge is 0.289 e. The van der Waals surface area contributed by atoms with Gasteiger partial charge in [0, 0.05) is 11.1 Å². The zero-order valence-corrected chi connectivity index (χ0v) is 10.3. The number of hydrogen-bond donors (Lipinski definition) is 0. The lowest BCUT2D eigenvalue weighted by molar-refractivity contribution is 0.103. The second kappa shape index (κ2) is 4.17. The van der Waals surface area contributed by atoms with Crippen molar-refractivity contribution in [2.24, 2.45) is 0 Å². The maximum absolute atomic E-state index is 12.3. The maximum atomic E-state index is 12.3. The van der Waals surface area contributed by atoms with E-state index in [1.165, 1.54) is 11.1 Å². The average Bonchev–Trinajstić information content (AvgIpc) is 3.02. The van der Waals surface area contributed by atoms with Gasteiger partial charge in [0.1, 0.15) is 0 Å². The summed E-state index contributed by atoms with van der Waals surface area (Å²) < 4.78 is 0. The van der Waals surface area contributed by atoms with Crippen LogP contribution in [0.15, 0.2) is 54.2 Å². The van der Waals surface area contributed by atoms with Gasteiger partial charge in [0.05, 0.1) is 0 Å². The Morgan fingerprint density at radius 1 is 1.24 bits per heavy atom. The van der Waals surface area contributed by atoms with Crippen LogP contribution < -0.4 is 0 Å². The molecular weight excluding hydrogens is 208 g/mol. The number of allylic oxidation sites excluding steroid dienone is 4. The normalized spacial score (nSPS) is 12.9. The van der Waals surface area contributed by atoms with Crippen molar-refractivity contribution >= 4 is 5.78 Å². The van der Waals surface area contributed by atoms with Crippen molar-refractivity contribution in [1.29, 1.82) is 0 Å². The van der Waals surface area contributed by atoms with Gasteiger partial charge in [-0.2, -0.15) is 0 Å². The highest BCUT2D eigenvalue weighted by molar-refractivity contribution is 6.11. The molecule has 1 aromatic carbocycles. The summed E-state index contributed by atoms with van der Waals surface area (Å²) in [5.74, 6) is 0.0372. The van der Waals surface area contributed by atoms with Crippen LogP contribution in [0.3, 0.4) is 0 Å². The van der Waals surface area contributed by atoms with Crippen molar-refractivity contribution in [3.63, 3.8) is 0 Å². The van der Waals surface area contributed by atoms with E-state index in [2.05, 4.69) is 13.2 Å². The molecule has 0 N–H and O–H groups in total. The molecule has 1 heteroatoms. The number of Topliss-reactive ketones (excluding diaryl/α,β-unsaturated/α-hetero) is 1. The highest BCUT2D eigenvalue weighted by atomic mass is 16.1. The zero-order chi connectivity index (χ0) is 12.6. The quantitative estimate of drug-likeness (QED) is 0.438. The molecular formula is C16H16O. The molecule has 0 radical (unpaired) electrons. The van der Waals surface area contributed by atoms with Gasteiger partial charge in [-0.1, -0.05) is 30.9 Å².